The summed E-state index contributed by atoms with van der Waals surface area (Å²) in [5.74, 6) is 1.20. The van der Waals surface area contributed by atoms with Gasteiger partial charge in [0.25, 0.3) is 5.91 Å². The Balaban J connectivity index is 1.46. The van der Waals surface area contributed by atoms with E-state index in [0.717, 1.165) is 55.0 Å². The van der Waals surface area contributed by atoms with Crippen molar-refractivity contribution in [2.75, 3.05) is 20.2 Å². The molecule has 1 saturated heterocycles. The number of nitrogens with zero attached hydrogens (tertiary/aromatic N) is 4. The SMILES string of the molecule is CCn1ccc(C(=O)N2CCC(c3[nH]ncc3-c3cccc(OC)c3)CC2)n1. The maximum absolute atomic E-state index is 12.7. The van der Waals surface area contributed by atoms with Gasteiger partial charge in [0, 0.05) is 43.0 Å². The van der Waals surface area contributed by atoms with Crippen LogP contribution in [-0.2, 0) is 6.54 Å². The number of nitrogens with one attached hydrogen (secondary N) is 1. The predicted molar refractivity (Wildman–Crippen MR) is 106 cm³/mol. The minimum Gasteiger partial charge on any atom is -0.497 e. The van der Waals surface area contributed by atoms with Crippen LogP contribution >= 0.6 is 0 Å². The fourth-order valence-electron chi connectivity index (χ4n) is 3.81. The molecule has 2 aromatic heterocycles. The fraction of sp³-hybridized carbons (Fsp3) is 0.381. The topological polar surface area (TPSA) is 76.0 Å². The number of aromatic amines is 1. The number of H-pyrrole nitrogens is 1. The normalized spacial score (nSPS) is 15.0. The van der Waals surface area contributed by atoms with Crippen molar-refractivity contribution in [1.82, 2.24) is 24.9 Å². The number of carbonyl (C=O) groups is 1. The highest BCUT2D eigenvalue weighted by atomic mass is 16.5. The molecule has 1 aromatic carbocycles. The lowest BCUT2D eigenvalue weighted by Gasteiger charge is -2.31. The van der Waals surface area contributed by atoms with Crippen molar-refractivity contribution < 1.29 is 9.53 Å². The molecule has 1 fully saturated rings. The molecule has 0 unspecified atom stereocenters. The molecule has 3 heterocycles. The third-order valence-corrected chi connectivity index (χ3v) is 5.42. The molecule has 0 saturated carbocycles. The molecule has 0 atom stereocenters. The van der Waals surface area contributed by atoms with Crippen LogP contribution in [0.2, 0.25) is 0 Å². The number of hydrogen-bond donors (Lipinski definition) is 1. The van der Waals surface area contributed by atoms with Crippen LogP contribution in [0.15, 0.2) is 42.7 Å². The van der Waals surface area contributed by atoms with Gasteiger partial charge in [0.15, 0.2) is 0 Å². The minimum absolute atomic E-state index is 0.0169. The van der Waals surface area contributed by atoms with E-state index in [-0.39, 0.29) is 5.91 Å². The van der Waals surface area contributed by atoms with E-state index >= 15 is 0 Å². The van der Waals surface area contributed by atoms with Crippen LogP contribution < -0.4 is 4.74 Å². The van der Waals surface area contributed by atoms with Gasteiger partial charge in [-0.2, -0.15) is 10.2 Å². The van der Waals surface area contributed by atoms with Crippen LogP contribution in [0.5, 0.6) is 5.75 Å². The van der Waals surface area contributed by atoms with E-state index in [4.69, 9.17) is 4.74 Å². The van der Waals surface area contributed by atoms with E-state index in [1.807, 2.05) is 42.4 Å². The maximum atomic E-state index is 12.7. The summed E-state index contributed by atoms with van der Waals surface area (Å²) in [6.07, 6.45) is 5.53. The van der Waals surface area contributed by atoms with Crippen molar-refractivity contribution >= 4 is 5.91 Å². The smallest absolute Gasteiger partial charge is 0.274 e. The van der Waals surface area contributed by atoms with E-state index in [9.17, 15) is 4.79 Å². The Morgan fingerprint density at radius 1 is 1.29 bits per heavy atom. The Hall–Kier alpha value is -3.09. The van der Waals surface area contributed by atoms with Crippen LogP contribution in [0.3, 0.4) is 0 Å². The summed E-state index contributed by atoms with van der Waals surface area (Å²) in [7, 11) is 1.67. The summed E-state index contributed by atoms with van der Waals surface area (Å²) in [6.45, 7) is 4.22. The Morgan fingerprint density at radius 3 is 2.82 bits per heavy atom. The maximum Gasteiger partial charge on any atom is 0.274 e. The van der Waals surface area contributed by atoms with Crippen LogP contribution in [0.1, 0.15) is 41.9 Å². The molecule has 0 bridgehead atoms. The number of likely N-dealkylation sites (tertiary alicyclic amines) is 1. The number of methoxy groups -OCH3 is 1. The van der Waals surface area contributed by atoms with Crippen LogP contribution in [-0.4, -0.2) is 51.0 Å². The standard InChI is InChI=1S/C21H25N5O2/c1-3-26-12-9-19(24-26)21(27)25-10-7-15(8-11-25)20-18(14-22-23-20)16-5-4-6-17(13-16)28-2/h4-6,9,12-15H,3,7-8,10-11H2,1-2H3,(H,22,23). The van der Waals surface area contributed by atoms with Gasteiger partial charge in [0.1, 0.15) is 11.4 Å². The Labute approximate surface area is 164 Å². The van der Waals surface area contributed by atoms with Gasteiger partial charge in [0.05, 0.1) is 13.3 Å². The number of carbonyl (C=O) groups excluding carboxylic acids is 1. The zero-order chi connectivity index (χ0) is 19.5. The van der Waals surface area contributed by atoms with Gasteiger partial charge < -0.3 is 9.64 Å². The van der Waals surface area contributed by atoms with Crippen molar-refractivity contribution in [3.05, 3.63) is 54.1 Å². The molecule has 146 valence electrons. The molecule has 1 aliphatic heterocycles. The molecule has 1 amide bonds. The average molecular weight is 379 g/mol. The highest BCUT2D eigenvalue weighted by molar-refractivity contribution is 5.92. The highest BCUT2D eigenvalue weighted by Crippen LogP contribution is 2.35. The fourth-order valence-corrected chi connectivity index (χ4v) is 3.81. The molecule has 1 N–H and O–H groups in total. The second kappa shape index (κ2) is 7.88. The summed E-state index contributed by atoms with van der Waals surface area (Å²) < 4.78 is 7.13. The molecular formula is C21H25N5O2. The third-order valence-electron chi connectivity index (χ3n) is 5.42. The molecular weight excluding hydrogens is 354 g/mol. The lowest BCUT2D eigenvalue weighted by Crippen LogP contribution is -2.38. The highest BCUT2D eigenvalue weighted by Gasteiger charge is 2.28. The Bertz CT molecular complexity index is 953. The second-order valence-electron chi connectivity index (χ2n) is 7.05. The zero-order valence-electron chi connectivity index (χ0n) is 16.3. The van der Waals surface area contributed by atoms with Gasteiger partial charge in [-0.05, 0) is 43.5 Å². The van der Waals surface area contributed by atoms with Gasteiger partial charge in [-0.1, -0.05) is 12.1 Å². The summed E-state index contributed by atoms with van der Waals surface area (Å²) >= 11 is 0. The first-order valence-electron chi connectivity index (χ1n) is 9.70. The van der Waals surface area contributed by atoms with Crippen LogP contribution in [0.25, 0.3) is 11.1 Å². The van der Waals surface area contributed by atoms with E-state index < -0.39 is 0 Å². The molecule has 4 rings (SSSR count). The van der Waals surface area contributed by atoms with Crippen molar-refractivity contribution in [2.45, 2.75) is 32.2 Å². The largest absolute Gasteiger partial charge is 0.497 e. The summed E-state index contributed by atoms with van der Waals surface area (Å²) in [5, 5.41) is 11.8. The van der Waals surface area contributed by atoms with Crippen molar-refractivity contribution in [3.8, 4) is 16.9 Å². The van der Waals surface area contributed by atoms with Gasteiger partial charge in [0.2, 0.25) is 0 Å². The third kappa shape index (κ3) is 3.52. The lowest BCUT2D eigenvalue weighted by atomic mass is 9.89. The van der Waals surface area contributed by atoms with E-state index in [1.165, 1.54) is 0 Å². The number of piperidine rings is 1. The summed E-state index contributed by atoms with van der Waals surface area (Å²) in [4.78, 5) is 14.6. The summed E-state index contributed by atoms with van der Waals surface area (Å²) in [5.41, 5.74) is 3.85. The molecule has 7 nitrogen and oxygen atoms in total. The first-order valence-corrected chi connectivity index (χ1v) is 9.70. The quantitative estimate of drug-likeness (QED) is 0.738. The zero-order valence-corrected chi connectivity index (χ0v) is 16.3. The number of hydrogen-bond acceptors (Lipinski definition) is 4. The Kier molecular flexibility index (Phi) is 5.14. The lowest BCUT2D eigenvalue weighted by molar-refractivity contribution is 0.0705. The molecule has 7 heteroatoms. The summed E-state index contributed by atoms with van der Waals surface area (Å²) in [6, 6.07) is 9.82. The number of aryl methyl sites for hydroxylation is 1. The van der Waals surface area contributed by atoms with Crippen LogP contribution in [0, 0.1) is 0 Å². The van der Waals surface area contributed by atoms with E-state index in [1.54, 1.807) is 17.9 Å². The first-order chi connectivity index (χ1) is 13.7. The number of benzene rings is 1. The first kappa shape index (κ1) is 18.3. The molecule has 28 heavy (non-hydrogen) atoms. The molecule has 0 aliphatic carbocycles. The number of rotatable bonds is 5. The predicted octanol–water partition coefficient (Wildman–Crippen LogP) is 3.32. The monoisotopic (exact) mass is 379 g/mol. The van der Waals surface area contributed by atoms with Gasteiger partial charge in [-0.25, -0.2) is 0 Å². The number of aromatic nitrogens is 4. The van der Waals surface area contributed by atoms with E-state index in [0.29, 0.717) is 11.6 Å². The number of amides is 1. The Morgan fingerprint density at radius 2 is 2.11 bits per heavy atom. The molecule has 1 aliphatic rings. The molecule has 0 radical (unpaired) electrons. The second-order valence-corrected chi connectivity index (χ2v) is 7.05. The van der Waals surface area contributed by atoms with Crippen molar-refractivity contribution in [3.63, 3.8) is 0 Å². The average Bonchev–Trinajstić information content (AvgIpc) is 3.43. The number of ether oxygens (including phenoxy) is 1. The van der Waals surface area contributed by atoms with Crippen LogP contribution in [0.4, 0.5) is 0 Å². The molecule has 0 spiro atoms. The van der Waals surface area contributed by atoms with Crippen molar-refractivity contribution in [2.24, 2.45) is 0 Å². The van der Waals surface area contributed by atoms with E-state index in [2.05, 4.69) is 21.4 Å². The minimum atomic E-state index is 0.0169. The van der Waals surface area contributed by atoms with Gasteiger partial charge in [-0.15, -0.1) is 0 Å². The van der Waals surface area contributed by atoms with Gasteiger partial charge >= 0.3 is 0 Å². The molecule has 3 aromatic rings. The van der Waals surface area contributed by atoms with Crippen molar-refractivity contribution in [1.29, 1.82) is 0 Å². The van der Waals surface area contributed by atoms with Gasteiger partial charge in [-0.3, -0.25) is 14.6 Å².